The number of halogens is 2. The molecule has 2 fully saturated rings. The molecule has 0 aromatic carbocycles. The van der Waals surface area contributed by atoms with Crippen molar-refractivity contribution in [1.82, 2.24) is 14.9 Å². The van der Waals surface area contributed by atoms with Crippen molar-refractivity contribution in [3.8, 4) is 0 Å². The van der Waals surface area contributed by atoms with Crippen LogP contribution in [0.15, 0.2) is 18.5 Å². The minimum Gasteiger partial charge on any atom is -0.339 e. The van der Waals surface area contributed by atoms with E-state index in [2.05, 4.69) is 14.9 Å². The van der Waals surface area contributed by atoms with Crippen LogP contribution in [0, 0.1) is 5.41 Å². The summed E-state index contributed by atoms with van der Waals surface area (Å²) in [7, 11) is 0. The van der Waals surface area contributed by atoms with Crippen LogP contribution in [0.4, 0.5) is 5.95 Å². The van der Waals surface area contributed by atoms with Crippen molar-refractivity contribution in [2.24, 2.45) is 5.41 Å². The molecule has 7 heteroatoms. The molecular formula is C13H16Cl2N4O. The topological polar surface area (TPSA) is 49.3 Å². The lowest BCUT2D eigenvalue weighted by atomic mass is 10.1. The summed E-state index contributed by atoms with van der Waals surface area (Å²) >= 11 is 12.1. The van der Waals surface area contributed by atoms with Gasteiger partial charge in [-0.25, -0.2) is 9.97 Å². The number of carbonyl (C=O) groups excluding carboxylic acids is 1. The van der Waals surface area contributed by atoms with Gasteiger partial charge < -0.3 is 9.80 Å². The maximum Gasteiger partial charge on any atom is 0.231 e. The van der Waals surface area contributed by atoms with E-state index in [1.54, 1.807) is 18.5 Å². The van der Waals surface area contributed by atoms with Crippen molar-refractivity contribution in [3.05, 3.63) is 18.5 Å². The van der Waals surface area contributed by atoms with Gasteiger partial charge in [0.1, 0.15) is 4.33 Å². The standard InChI is InChI=1S/C13H16Cl2N4O/c1-12(9-13(12,14)15)10(20)18-5-7-19(8-6-18)11-16-3-2-4-17-11/h2-4H,5-9H2,1H3/t12-/m1/s1. The van der Waals surface area contributed by atoms with Crippen LogP contribution in [-0.4, -0.2) is 51.3 Å². The van der Waals surface area contributed by atoms with Crippen LogP contribution in [0.3, 0.4) is 0 Å². The Labute approximate surface area is 127 Å². The molecule has 5 nitrogen and oxygen atoms in total. The third kappa shape index (κ3) is 2.23. The average molecular weight is 315 g/mol. The van der Waals surface area contributed by atoms with Gasteiger partial charge in [0.15, 0.2) is 0 Å². The van der Waals surface area contributed by atoms with Gasteiger partial charge in [0.05, 0.1) is 5.41 Å². The first-order chi connectivity index (χ1) is 9.44. The zero-order chi connectivity index (χ0) is 14.4. The number of nitrogens with zero attached hydrogens (tertiary/aromatic N) is 4. The Balaban J connectivity index is 1.61. The molecule has 1 aliphatic heterocycles. The number of hydrogen-bond acceptors (Lipinski definition) is 4. The zero-order valence-corrected chi connectivity index (χ0v) is 12.7. The number of aromatic nitrogens is 2. The van der Waals surface area contributed by atoms with E-state index in [0.717, 1.165) is 13.1 Å². The number of anilines is 1. The first-order valence-corrected chi connectivity index (χ1v) is 7.39. The highest BCUT2D eigenvalue weighted by Gasteiger charge is 2.68. The zero-order valence-electron chi connectivity index (χ0n) is 11.2. The molecule has 0 spiro atoms. The molecule has 108 valence electrons. The van der Waals surface area contributed by atoms with E-state index in [-0.39, 0.29) is 5.91 Å². The van der Waals surface area contributed by atoms with E-state index >= 15 is 0 Å². The maximum absolute atomic E-state index is 12.4. The Morgan fingerprint density at radius 1 is 1.20 bits per heavy atom. The van der Waals surface area contributed by atoms with Gasteiger partial charge in [-0.15, -0.1) is 23.2 Å². The highest BCUT2D eigenvalue weighted by molar-refractivity contribution is 6.53. The monoisotopic (exact) mass is 314 g/mol. The molecule has 0 N–H and O–H groups in total. The van der Waals surface area contributed by atoms with E-state index in [9.17, 15) is 4.79 Å². The lowest BCUT2D eigenvalue weighted by Crippen LogP contribution is -2.51. The van der Waals surface area contributed by atoms with Crippen molar-refractivity contribution in [2.75, 3.05) is 31.1 Å². The minimum absolute atomic E-state index is 0.0520. The quantitative estimate of drug-likeness (QED) is 0.780. The summed E-state index contributed by atoms with van der Waals surface area (Å²) in [6, 6.07) is 1.79. The summed E-state index contributed by atoms with van der Waals surface area (Å²) in [5.74, 6) is 0.761. The summed E-state index contributed by atoms with van der Waals surface area (Å²) < 4.78 is -0.899. The van der Waals surface area contributed by atoms with Crippen molar-refractivity contribution < 1.29 is 4.79 Å². The predicted molar refractivity (Wildman–Crippen MR) is 78.0 cm³/mol. The van der Waals surface area contributed by atoms with Crippen LogP contribution >= 0.6 is 23.2 Å². The Hall–Kier alpha value is -1.07. The number of carbonyl (C=O) groups is 1. The molecule has 0 radical (unpaired) electrons. The van der Waals surface area contributed by atoms with E-state index < -0.39 is 9.75 Å². The molecule has 3 rings (SSSR count). The van der Waals surface area contributed by atoms with Gasteiger partial charge in [0, 0.05) is 38.6 Å². The summed E-state index contributed by atoms with van der Waals surface area (Å²) in [6.45, 7) is 4.59. The van der Waals surface area contributed by atoms with E-state index in [1.807, 2.05) is 11.8 Å². The largest absolute Gasteiger partial charge is 0.339 e. The summed E-state index contributed by atoms with van der Waals surface area (Å²) in [6.07, 6.45) is 3.98. The smallest absolute Gasteiger partial charge is 0.231 e. The highest BCUT2D eigenvalue weighted by Crippen LogP contribution is 2.64. The number of alkyl halides is 2. The minimum atomic E-state index is -0.899. The van der Waals surface area contributed by atoms with Crippen LogP contribution in [0.25, 0.3) is 0 Å². The van der Waals surface area contributed by atoms with Gasteiger partial charge >= 0.3 is 0 Å². The Bertz CT molecular complexity index is 516. The number of piperazine rings is 1. The van der Waals surface area contributed by atoms with Crippen LogP contribution < -0.4 is 4.90 Å². The van der Waals surface area contributed by atoms with Crippen molar-refractivity contribution >= 4 is 35.1 Å². The van der Waals surface area contributed by atoms with Crippen molar-refractivity contribution in [1.29, 1.82) is 0 Å². The lowest BCUT2D eigenvalue weighted by Gasteiger charge is -2.36. The first kappa shape index (κ1) is 13.9. The maximum atomic E-state index is 12.4. The van der Waals surface area contributed by atoms with Crippen molar-refractivity contribution in [2.45, 2.75) is 17.7 Å². The third-order valence-electron chi connectivity index (χ3n) is 4.13. The molecule has 1 saturated heterocycles. The molecule has 1 aromatic rings. The second-order valence-electron chi connectivity index (χ2n) is 5.54. The predicted octanol–water partition coefficient (Wildman–Crippen LogP) is 1.71. The van der Waals surface area contributed by atoms with E-state index in [4.69, 9.17) is 23.2 Å². The summed E-state index contributed by atoms with van der Waals surface area (Å²) in [4.78, 5) is 24.8. The van der Waals surface area contributed by atoms with Crippen LogP contribution in [0.5, 0.6) is 0 Å². The number of hydrogen-bond donors (Lipinski definition) is 0. The molecule has 1 aromatic heterocycles. The molecule has 20 heavy (non-hydrogen) atoms. The first-order valence-electron chi connectivity index (χ1n) is 6.63. The molecule has 1 aliphatic carbocycles. The molecule has 0 bridgehead atoms. The number of rotatable bonds is 2. The number of amides is 1. The fourth-order valence-electron chi connectivity index (χ4n) is 2.54. The van der Waals surface area contributed by atoms with Crippen LogP contribution in [0.1, 0.15) is 13.3 Å². The van der Waals surface area contributed by atoms with Crippen LogP contribution in [-0.2, 0) is 4.79 Å². The Kier molecular flexibility index (Phi) is 3.29. The summed E-state index contributed by atoms with van der Waals surface area (Å²) in [5.41, 5.74) is -0.623. The van der Waals surface area contributed by atoms with Gasteiger partial charge in [-0.2, -0.15) is 0 Å². The van der Waals surface area contributed by atoms with Gasteiger partial charge in [0.2, 0.25) is 11.9 Å². The summed E-state index contributed by atoms with van der Waals surface area (Å²) in [5, 5.41) is 0. The van der Waals surface area contributed by atoms with Gasteiger partial charge in [-0.05, 0) is 19.4 Å². The second-order valence-corrected chi connectivity index (χ2v) is 7.03. The molecule has 1 amide bonds. The van der Waals surface area contributed by atoms with Gasteiger partial charge in [-0.1, -0.05) is 0 Å². The molecule has 1 saturated carbocycles. The van der Waals surface area contributed by atoms with Crippen molar-refractivity contribution in [3.63, 3.8) is 0 Å². The van der Waals surface area contributed by atoms with Gasteiger partial charge in [-0.3, -0.25) is 4.79 Å². The molecule has 2 heterocycles. The average Bonchev–Trinajstić information content (AvgIpc) is 2.99. The highest BCUT2D eigenvalue weighted by atomic mass is 35.5. The second kappa shape index (κ2) is 4.74. The Morgan fingerprint density at radius 3 is 2.25 bits per heavy atom. The molecule has 0 unspecified atom stereocenters. The van der Waals surface area contributed by atoms with E-state index in [1.165, 1.54) is 0 Å². The molecular weight excluding hydrogens is 299 g/mol. The Morgan fingerprint density at radius 2 is 1.75 bits per heavy atom. The molecule has 2 aliphatic rings. The van der Waals surface area contributed by atoms with Gasteiger partial charge in [0.25, 0.3) is 0 Å². The molecule has 1 atom stereocenters. The third-order valence-corrected chi connectivity index (χ3v) is 5.23. The van der Waals surface area contributed by atoms with Crippen LogP contribution in [0.2, 0.25) is 0 Å². The normalized spacial score (nSPS) is 28.4. The lowest BCUT2D eigenvalue weighted by molar-refractivity contribution is -0.136. The SMILES string of the molecule is C[C@]1(C(=O)N2CCN(c3ncccn3)CC2)CC1(Cl)Cl. The fourth-order valence-corrected chi connectivity index (χ4v) is 3.24. The fraction of sp³-hybridized carbons (Fsp3) is 0.615. The van der Waals surface area contributed by atoms with E-state index in [0.29, 0.717) is 25.5 Å².